The summed E-state index contributed by atoms with van der Waals surface area (Å²) < 4.78 is 5.20. The van der Waals surface area contributed by atoms with Gasteiger partial charge in [0.25, 0.3) is 0 Å². The van der Waals surface area contributed by atoms with Gasteiger partial charge in [0.2, 0.25) is 0 Å². The van der Waals surface area contributed by atoms with Gasteiger partial charge in [0.15, 0.2) is 0 Å². The number of rotatable bonds is 5. The second kappa shape index (κ2) is 5.98. The first kappa shape index (κ1) is 14.3. The molecule has 3 heteroatoms. The lowest BCUT2D eigenvalue weighted by Gasteiger charge is -2.21. The smallest absolute Gasteiger partial charge is 0.137 e. The van der Waals surface area contributed by atoms with Crippen LogP contribution in [-0.2, 0) is 0 Å². The lowest BCUT2D eigenvalue weighted by Crippen LogP contribution is -2.12. The molecule has 2 aromatic rings. The van der Waals surface area contributed by atoms with Crippen LogP contribution in [0.5, 0.6) is 5.75 Å². The molecule has 0 spiro atoms. The molecule has 1 saturated carbocycles. The Labute approximate surface area is 131 Å². The molecule has 1 aliphatic rings. The van der Waals surface area contributed by atoms with Crippen molar-refractivity contribution in [1.29, 1.82) is 0 Å². The molecule has 0 saturated heterocycles. The van der Waals surface area contributed by atoms with Gasteiger partial charge in [-0.2, -0.15) is 0 Å². The van der Waals surface area contributed by atoms with E-state index in [0.29, 0.717) is 22.7 Å². The van der Waals surface area contributed by atoms with Gasteiger partial charge >= 0.3 is 0 Å². The molecule has 0 amide bonds. The second-order valence-corrected chi connectivity index (χ2v) is 6.13. The first-order chi connectivity index (χ1) is 10.2. The second-order valence-electron chi connectivity index (χ2n) is 5.72. The van der Waals surface area contributed by atoms with E-state index in [1.54, 1.807) is 7.11 Å². The van der Waals surface area contributed by atoms with Crippen molar-refractivity contribution in [3.63, 3.8) is 0 Å². The van der Waals surface area contributed by atoms with Crippen molar-refractivity contribution in [2.45, 2.75) is 25.8 Å². The number of benzene rings is 2. The lowest BCUT2D eigenvalue weighted by atomic mass is 10.0. The number of halogens is 1. The summed E-state index contributed by atoms with van der Waals surface area (Å²) in [6.45, 7) is 2.12. The summed E-state index contributed by atoms with van der Waals surface area (Å²) >= 11 is 6.21. The fourth-order valence-electron chi connectivity index (χ4n) is 2.61. The summed E-state index contributed by atoms with van der Waals surface area (Å²) in [5.41, 5.74) is 3.68. The van der Waals surface area contributed by atoms with Gasteiger partial charge in [0, 0.05) is 5.69 Å². The van der Waals surface area contributed by atoms with Gasteiger partial charge in [0.1, 0.15) is 5.75 Å². The first-order valence-corrected chi connectivity index (χ1v) is 7.72. The van der Waals surface area contributed by atoms with E-state index in [4.69, 9.17) is 16.3 Å². The molecular formula is C18H20ClNO. The Morgan fingerprint density at radius 2 is 1.86 bits per heavy atom. The van der Waals surface area contributed by atoms with Crippen LogP contribution in [0.4, 0.5) is 5.69 Å². The molecule has 1 fully saturated rings. The minimum Gasteiger partial charge on any atom is -0.495 e. The van der Waals surface area contributed by atoms with Crippen LogP contribution in [-0.4, -0.2) is 7.11 Å². The zero-order valence-corrected chi connectivity index (χ0v) is 13.2. The van der Waals surface area contributed by atoms with Gasteiger partial charge in [-0.3, -0.25) is 0 Å². The van der Waals surface area contributed by atoms with Gasteiger partial charge < -0.3 is 10.1 Å². The van der Waals surface area contributed by atoms with Crippen molar-refractivity contribution < 1.29 is 4.74 Å². The number of ether oxygens (including phenoxy) is 1. The van der Waals surface area contributed by atoms with Gasteiger partial charge in [-0.25, -0.2) is 0 Å². The zero-order valence-electron chi connectivity index (χ0n) is 12.4. The fourth-order valence-corrected chi connectivity index (χ4v) is 2.87. The third-order valence-corrected chi connectivity index (χ3v) is 4.30. The topological polar surface area (TPSA) is 21.3 Å². The van der Waals surface area contributed by atoms with Crippen molar-refractivity contribution >= 4 is 17.3 Å². The van der Waals surface area contributed by atoms with Gasteiger partial charge in [0.05, 0.1) is 18.2 Å². The molecule has 1 atom stereocenters. The third-order valence-electron chi connectivity index (χ3n) is 4.00. The SMILES string of the molecule is COc1ccc(NC(c2ccc(C)cc2)C2CC2)cc1Cl. The van der Waals surface area contributed by atoms with E-state index in [2.05, 4.69) is 36.5 Å². The molecule has 0 aromatic heterocycles. The molecule has 0 bridgehead atoms. The molecule has 21 heavy (non-hydrogen) atoms. The maximum absolute atomic E-state index is 6.21. The molecule has 1 aliphatic carbocycles. The number of hydrogen-bond donors (Lipinski definition) is 1. The highest BCUT2D eigenvalue weighted by molar-refractivity contribution is 6.32. The number of anilines is 1. The molecule has 1 unspecified atom stereocenters. The largest absolute Gasteiger partial charge is 0.495 e. The van der Waals surface area contributed by atoms with Crippen LogP contribution in [0, 0.1) is 12.8 Å². The molecular weight excluding hydrogens is 282 g/mol. The Bertz CT molecular complexity index is 620. The number of hydrogen-bond acceptors (Lipinski definition) is 2. The highest BCUT2D eigenvalue weighted by Gasteiger charge is 2.32. The van der Waals surface area contributed by atoms with Crippen molar-refractivity contribution in [1.82, 2.24) is 0 Å². The first-order valence-electron chi connectivity index (χ1n) is 7.34. The average molecular weight is 302 g/mol. The van der Waals surface area contributed by atoms with Crippen LogP contribution in [0.2, 0.25) is 5.02 Å². The van der Waals surface area contributed by atoms with Crippen molar-refractivity contribution in [3.8, 4) is 5.75 Å². The maximum atomic E-state index is 6.21. The van der Waals surface area contributed by atoms with Crippen LogP contribution >= 0.6 is 11.6 Å². The Hall–Kier alpha value is -1.67. The van der Waals surface area contributed by atoms with E-state index in [1.807, 2.05) is 18.2 Å². The van der Waals surface area contributed by atoms with E-state index in [9.17, 15) is 0 Å². The standard InChI is InChI=1S/C18H20ClNO/c1-12-3-5-13(6-4-12)18(14-7-8-14)20-15-9-10-17(21-2)16(19)11-15/h3-6,9-11,14,18,20H,7-8H2,1-2H3. The summed E-state index contributed by atoms with van der Waals surface area (Å²) in [6, 6.07) is 15.0. The molecule has 2 nitrogen and oxygen atoms in total. The number of aryl methyl sites for hydroxylation is 1. The van der Waals surface area contributed by atoms with Crippen molar-refractivity contribution in [3.05, 3.63) is 58.6 Å². The summed E-state index contributed by atoms with van der Waals surface area (Å²) in [7, 11) is 1.63. The molecule has 0 aliphatic heterocycles. The normalized spacial score (nSPS) is 15.6. The molecule has 3 rings (SSSR count). The quantitative estimate of drug-likeness (QED) is 0.817. The summed E-state index contributed by atoms with van der Waals surface area (Å²) in [5, 5.41) is 4.27. The highest BCUT2D eigenvalue weighted by Crippen LogP contribution is 2.43. The molecule has 0 heterocycles. The Kier molecular flexibility index (Phi) is 4.07. The Morgan fingerprint density at radius 1 is 1.14 bits per heavy atom. The molecule has 1 N–H and O–H groups in total. The molecule has 2 aromatic carbocycles. The van der Waals surface area contributed by atoms with Gasteiger partial charge in [-0.15, -0.1) is 0 Å². The zero-order chi connectivity index (χ0) is 14.8. The predicted molar refractivity (Wildman–Crippen MR) is 88.3 cm³/mol. The molecule has 0 radical (unpaired) electrons. The monoisotopic (exact) mass is 301 g/mol. The third kappa shape index (κ3) is 3.33. The van der Waals surface area contributed by atoms with E-state index < -0.39 is 0 Å². The summed E-state index contributed by atoms with van der Waals surface area (Å²) in [6.07, 6.45) is 2.57. The average Bonchev–Trinajstić information content (AvgIpc) is 3.31. The van der Waals surface area contributed by atoms with Gasteiger partial charge in [-0.1, -0.05) is 41.4 Å². The van der Waals surface area contributed by atoms with Gasteiger partial charge in [-0.05, 0) is 49.4 Å². The van der Waals surface area contributed by atoms with E-state index in [1.165, 1.54) is 24.0 Å². The van der Waals surface area contributed by atoms with Crippen molar-refractivity contribution in [2.24, 2.45) is 5.92 Å². The summed E-state index contributed by atoms with van der Waals surface area (Å²) in [5.74, 6) is 1.43. The predicted octanol–water partition coefficient (Wildman–Crippen LogP) is 5.22. The Morgan fingerprint density at radius 3 is 2.43 bits per heavy atom. The minimum atomic E-state index is 0.357. The number of nitrogens with one attached hydrogen (secondary N) is 1. The van der Waals surface area contributed by atoms with Crippen LogP contribution in [0.15, 0.2) is 42.5 Å². The van der Waals surface area contributed by atoms with E-state index >= 15 is 0 Å². The maximum Gasteiger partial charge on any atom is 0.137 e. The fraction of sp³-hybridized carbons (Fsp3) is 0.333. The molecule has 110 valence electrons. The van der Waals surface area contributed by atoms with E-state index in [0.717, 1.165) is 5.69 Å². The Balaban J connectivity index is 1.82. The number of methoxy groups -OCH3 is 1. The van der Waals surface area contributed by atoms with Crippen LogP contribution in [0.3, 0.4) is 0 Å². The highest BCUT2D eigenvalue weighted by atomic mass is 35.5. The van der Waals surface area contributed by atoms with E-state index in [-0.39, 0.29) is 0 Å². The van der Waals surface area contributed by atoms with Crippen LogP contribution < -0.4 is 10.1 Å². The minimum absolute atomic E-state index is 0.357. The van der Waals surface area contributed by atoms with Crippen LogP contribution in [0.1, 0.15) is 30.0 Å². The summed E-state index contributed by atoms with van der Waals surface area (Å²) in [4.78, 5) is 0. The van der Waals surface area contributed by atoms with Crippen molar-refractivity contribution in [2.75, 3.05) is 12.4 Å². The lowest BCUT2D eigenvalue weighted by molar-refractivity contribution is 0.415. The van der Waals surface area contributed by atoms with Crippen LogP contribution in [0.25, 0.3) is 0 Å².